The van der Waals surface area contributed by atoms with Crippen molar-refractivity contribution in [3.8, 4) is 0 Å². The predicted molar refractivity (Wildman–Crippen MR) is 69.4 cm³/mol. The van der Waals surface area contributed by atoms with Gasteiger partial charge in [0.1, 0.15) is 6.29 Å². The summed E-state index contributed by atoms with van der Waals surface area (Å²) >= 11 is 0. The molecule has 1 aliphatic rings. The lowest BCUT2D eigenvalue weighted by Crippen LogP contribution is -2.45. The molecule has 0 radical (unpaired) electrons. The fraction of sp³-hybridized carbons (Fsp3) is 0.429. The SMILES string of the molecule is O=CCN1CCC(NC(=O)c2ccccc2)CC1. The van der Waals surface area contributed by atoms with Crippen molar-refractivity contribution < 1.29 is 9.59 Å². The van der Waals surface area contributed by atoms with E-state index in [4.69, 9.17) is 0 Å². The molecule has 1 N–H and O–H groups in total. The van der Waals surface area contributed by atoms with Gasteiger partial charge in [-0.15, -0.1) is 0 Å². The van der Waals surface area contributed by atoms with Crippen molar-refractivity contribution in [3.05, 3.63) is 35.9 Å². The molecule has 1 saturated heterocycles. The summed E-state index contributed by atoms with van der Waals surface area (Å²) in [6.45, 7) is 2.25. The van der Waals surface area contributed by atoms with Crippen molar-refractivity contribution in [1.29, 1.82) is 0 Å². The Morgan fingerprint density at radius 1 is 1.28 bits per heavy atom. The molecular formula is C14H18N2O2. The predicted octanol–water partition coefficient (Wildman–Crippen LogP) is 1.08. The number of likely N-dealkylation sites (tertiary alicyclic amines) is 1. The Bertz CT molecular complexity index is 398. The minimum atomic E-state index is -0.00978. The van der Waals surface area contributed by atoms with E-state index in [1.165, 1.54) is 0 Å². The van der Waals surface area contributed by atoms with Crippen LogP contribution in [0.15, 0.2) is 30.3 Å². The molecule has 0 spiro atoms. The normalized spacial score (nSPS) is 17.3. The lowest BCUT2D eigenvalue weighted by atomic mass is 10.0. The zero-order valence-corrected chi connectivity index (χ0v) is 10.3. The number of nitrogens with zero attached hydrogens (tertiary/aromatic N) is 1. The maximum atomic E-state index is 11.9. The molecule has 0 saturated carbocycles. The Morgan fingerprint density at radius 3 is 2.56 bits per heavy atom. The molecule has 0 unspecified atom stereocenters. The van der Waals surface area contributed by atoms with E-state index >= 15 is 0 Å². The third-order valence-electron chi connectivity index (χ3n) is 3.29. The van der Waals surface area contributed by atoms with Crippen LogP contribution in [-0.2, 0) is 4.79 Å². The number of aldehydes is 1. The number of piperidine rings is 1. The van der Waals surface area contributed by atoms with Gasteiger partial charge in [0.25, 0.3) is 5.91 Å². The van der Waals surface area contributed by atoms with E-state index in [-0.39, 0.29) is 11.9 Å². The Kier molecular flexibility index (Phi) is 4.47. The summed E-state index contributed by atoms with van der Waals surface area (Å²) in [6, 6.07) is 9.48. The summed E-state index contributed by atoms with van der Waals surface area (Å²) in [5, 5.41) is 3.04. The molecule has 1 amide bonds. The first-order valence-electron chi connectivity index (χ1n) is 6.31. The molecule has 4 heteroatoms. The molecule has 96 valence electrons. The van der Waals surface area contributed by atoms with Crippen LogP contribution in [0, 0.1) is 0 Å². The van der Waals surface area contributed by atoms with Gasteiger partial charge < -0.3 is 10.1 Å². The molecule has 2 rings (SSSR count). The van der Waals surface area contributed by atoms with E-state index < -0.39 is 0 Å². The number of carbonyl (C=O) groups is 2. The number of hydrogen-bond donors (Lipinski definition) is 1. The zero-order chi connectivity index (χ0) is 12.8. The second kappa shape index (κ2) is 6.31. The highest BCUT2D eigenvalue weighted by Gasteiger charge is 2.20. The minimum Gasteiger partial charge on any atom is -0.349 e. The van der Waals surface area contributed by atoms with Gasteiger partial charge in [-0.25, -0.2) is 0 Å². The van der Waals surface area contributed by atoms with Crippen molar-refractivity contribution >= 4 is 12.2 Å². The molecule has 0 aliphatic carbocycles. The maximum Gasteiger partial charge on any atom is 0.251 e. The number of nitrogens with one attached hydrogen (secondary N) is 1. The van der Waals surface area contributed by atoms with Crippen LogP contribution in [0.25, 0.3) is 0 Å². The second-order valence-corrected chi connectivity index (χ2v) is 4.58. The van der Waals surface area contributed by atoms with E-state index in [1.807, 2.05) is 30.3 Å². The summed E-state index contributed by atoms with van der Waals surface area (Å²) < 4.78 is 0. The number of hydrogen-bond acceptors (Lipinski definition) is 3. The number of carbonyl (C=O) groups excluding carboxylic acids is 2. The third-order valence-corrected chi connectivity index (χ3v) is 3.29. The molecule has 4 nitrogen and oxygen atoms in total. The molecule has 18 heavy (non-hydrogen) atoms. The maximum absolute atomic E-state index is 11.9. The second-order valence-electron chi connectivity index (χ2n) is 4.58. The first kappa shape index (κ1) is 12.8. The van der Waals surface area contributed by atoms with Gasteiger partial charge in [-0.1, -0.05) is 18.2 Å². The average Bonchev–Trinajstić information content (AvgIpc) is 2.42. The van der Waals surface area contributed by atoms with Crippen LogP contribution in [0.2, 0.25) is 0 Å². The van der Waals surface area contributed by atoms with Crippen molar-refractivity contribution in [2.75, 3.05) is 19.6 Å². The molecule has 1 aliphatic heterocycles. The van der Waals surface area contributed by atoms with Gasteiger partial charge in [0.15, 0.2) is 0 Å². The van der Waals surface area contributed by atoms with E-state index in [2.05, 4.69) is 10.2 Å². The van der Waals surface area contributed by atoms with Crippen LogP contribution in [0.5, 0.6) is 0 Å². The summed E-state index contributed by atoms with van der Waals surface area (Å²) in [5.41, 5.74) is 0.702. The zero-order valence-electron chi connectivity index (χ0n) is 10.3. The molecule has 1 aromatic carbocycles. The largest absolute Gasteiger partial charge is 0.349 e. The number of amides is 1. The van der Waals surface area contributed by atoms with Crippen LogP contribution in [-0.4, -0.2) is 42.8 Å². The van der Waals surface area contributed by atoms with Crippen molar-refractivity contribution in [2.24, 2.45) is 0 Å². The molecule has 0 aromatic heterocycles. The summed E-state index contributed by atoms with van der Waals surface area (Å²) in [7, 11) is 0. The topological polar surface area (TPSA) is 49.4 Å². The molecule has 1 fully saturated rings. The average molecular weight is 246 g/mol. The van der Waals surface area contributed by atoms with E-state index in [0.29, 0.717) is 12.1 Å². The van der Waals surface area contributed by atoms with Gasteiger partial charge in [-0.2, -0.15) is 0 Å². The lowest BCUT2D eigenvalue weighted by Gasteiger charge is -2.31. The van der Waals surface area contributed by atoms with Gasteiger partial charge in [0, 0.05) is 24.7 Å². The highest BCUT2D eigenvalue weighted by Crippen LogP contribution is 2.10. The summed E-state index contributed by atoms with van der Waals surface area (Å²) in [4.78, 5) is 24.5. The third kappa shape index (κ3) is 3.40. The van der Waals surface area contributed by atoms with Crippen LogP contribution in [0.1, 0.15) is 23.2 Å². The Hall–Kier alpha value is -1.68. The van der Waals surface area contributed by atoms with Crippen LogP contribution < -0.4 is 5.32 Å². The summed E-state index contributed by atoms with van der Waals surface area (Å²) in [6.07, 6.45) is 2.75. The lowest BCUT2D eigenvalue weighted by molar-refractivity contribution is -0.109. The van der Waals surface area contributed by atoms with Crippen LogP contribution in [0.4, 0.5) is 0 Å². The fourth-order valence-corrected chi connectivity index (χ4v) is 2.22. The molecule has 1 heterocycles. The quantitative estimate of drug-likeness (QED) is 0.809. The Labute approximate surface area is 107 Å². The number of benzene rings is 1. The first-order chi connectivity index (χ1) is 8.79. The first-order valence-corrected chi connectivity index (χ1v) is 6.31. The van der Waals surface area contributed by atoms with Gasteiger partial charge in [-0.05, 0) is 25.0 Å². The van der Waals surface area contributed by atoms with Crippen molar-refractivity contribution in [3.63, 3.8) is 0 Å². The van der Waals surface area contributed by atoms with E-state index in [0.717, 1.165) is 32.2 Å². The standard InChI is InChI=1S/C14H18N2O2/c17-11-10-16-8-6-13(7-9-16)15-14(18)12-4-2-1-3-5-12/h1-5,11,13H,6-10H2,(H,15,18). The van der Waals surface area contributed by atoms with Crippen LogP contribution >= 0.6 is 0 Å². The molecule has 0 bridgehead atoms. The van der Waals surface area contributed by atoms with Crippen LogP contribution in [0.3, 0.4) is 0 Å². The van der Waals surface area contributed by atoms with Gasteiger partial charge in [-0.3, -0.25) is 9.69 Å². The molecule has 1 aromatic rings. The monoisotopic (exact) mass is 246 g/mol. The van der Waals surface area contributed by atoms with Gasteiger partial charge >= 0.3 is 0 Å². The minimum absolute atomic E-state index is 0.00978. The highest BCUT2D eigenvalue weighted by atomic mass is 16.1. The Morgan fingerprint density at radius 2 is 1.94 bits per heavy atom. The molecule has 0 atom stereocenters. The summed E-state index contributed by atoms with van der Waals surface area (Å²) in [5.74, 6) is -0.00978. The number of rotatable bonds is 4. The van der Waals surface area contributed by atoms with E-state index in [1.54, 1.807) is 0 Å². The molecular weight excluding hydrogens is 228 g/mol. The highest BCUT2D eigenvalue weighted by molar-refractivity contribution is 5.94. The van der Waals surface area contributed by atoms with Gasteiger partial charge in [0.2, 0.25) is 0 Å². The van der Waals surface area contributed by atoms with E-state index in [9.17, 15) is 9.59 Å². The Balaban J connectivity index is 1.81. The smallest absolute Gasteiger partial charge is 0.251 e. The van der Waals surface area contributed by atoms with Gasteiger partial charge in [0.05, 0.1) is 6.54 Å². The fourth-order valence-electron chi connectivity index (χ4n) is 2.22. The van der Waals surface area contributed by atoms with Crippen molar-refractivity contribution in [1.82, 2.24) is 10.2 Å². The van der Waals surface area contributed by atoms with Crippen molar-refractivity contribution in [2.45, 2.75) is 18.9 Å².